The number of hydrogen-bond donors (Lipinski definition) is 0. The third-order valence-corrected chi connectivity index (χ3v) is 9.43. The van der Waals surface area contributed by atoms with Crippen LogP contribution in [0.4, 0.5) is 0 Å². The van der Waals surface area contributed by atoms with Gasteiger partial charge in [0.1, 0.15) is 11.4 Å². The van der Waals surface area contributed by atoms with Crippen molar-refractivity contribution in [1.82, 2.24) is 14.1 Å². The number of ether oxygens (including phenoxy) is 3. The van der Waals surface area contributed by atoms with Crippen molar-refractivity contribution in [3.05, 3.63) is 70.8 Å². The summed E-state index contributed by atoms with van der Waals surface area (Å²) >= 11 is 0. The molecule has 46 heavy (non-hydrogen) atoms. The second-order valence-electron chi connectivity index (χ2n) is 13.8. The molecule has 4 aromatic rings. The van der Waals surface area contributed by atoms with Gasteiger partial charge in [0.2, 0.25) is 0 Å². The maximum Gasteiger partial charge on any atom is 0.359 e. The summed E-state index contributed by atoms with van der Waals surface area (Å²) in [7, 11) is 1.69. The molecular formula is C38H43N3O5. The van der Waals surface area contributed by atoms with Crippen LogP contribution in [0.3, 0.4) is 0 Å². The van der Waals surface area contributed by atoms with E-state index in [2.05, 4.69) is 38.4 Å². The molecule has 0 atom stereocenters. The van der Waals surface area contributed by atoms with Gasteiger partial charge in [-0.3, -0.25) is 0 Å². The molecule has 0 bridgehead atoms. The second-order valence-corrected chi connectivity index (χ2v) is 13.8. The molecule has 3 heterocycles. The smallest absolute Gasteiger partial charge is 0.359 e. The number of hydrogen-bond acceptors (Lipinski definition) is 6. The summed E-state index contributed by atoms with van der Waals surface area (Å²) in [5.41, 5.74) is 7.67. The Morgan fingerprint density at radius 1 is 0.957 bits per heavy atom. The standard InChI is InChI=1S/C38H43N3O5/c1-6-45-37(43)33-34(41(22-39-33)27-13-14-27)26-18-25-19-28(44-5)15-17-29(25)35-32(23-10-8-7-9-11-23)30-16-12-24(20-31(30)40(35)21-26)36(42)46-38(2,3)4/h12,15-20,22-23,27H,6-11,13-14,21H2,1-5H3. The zero-order valence-corrected chi connectivity index (χ0v) is 27.5. The highest BCUT2D eigenvalue weighted by atomic mass is 16.6. The van der Waals surface area contributed by atoms with Gasteiger partial charge < -0.3 is 23.3 Å². The first kappa shape index (κ1) is 30.3. The van der Waals surface area contributed by atoms with E-state index in [0.29, 0.717) is 29.8 Å². The molecule has 0 saturated heterocycles. The van der Waals surface area contributed by atoms with Gasteiger partial charge in [0.15, 0.2) is 5.69 Å². The van der Waals surface area contributed by atoms with Crippen molar-refractivity contribution in [3.8, 4) is 17.0 Å². The molecule has 0 spiro atoms. The van der Waals surface area contributed by atoms with Crippen LogP contribution in [-0.2, 0) is 16.0 Å². The Hall–Kier alpha value is -4.33. The van der Waals surface area contributed by atoms with Crippen molar-refractivity contribution in [2.75, 3.05) is 13.7 Å². The molecule has 0 unspecified atom stereocenters. The van der Waals surface area contributed by atoms with Gasteiger partial charge in [0.25, 0.3) is 0 Å². The Balaban J connectivity index is 1.50. The van der Waals surface area contributed by atoms with Crippen LogP contribution in [0.15, 0.2) is 42.7 Å². The third kappa shape index (κ3) is 5.52. The van der Waals surface area contributed by atoms with Gasteiger partial charge in [-0.2, -0.15) is 0 Å². The maximum absolute atomic E-state index is 13.4. The van der Waals surface area contributed by atoms with E-state index in [1.165, 1.54) is 35.9 Å². The molecule has 8 nitrogen and oxygen atoms in total. The summed E-state index contributed by atoms with van der Waals surface area (Å²) in [5.74, 6) is 0.422. The van der Waals surface area contributed by atoms with Crippen LogP contribution < -0.4 is 4.74 Å². The number of nitrogens with zero attached hydrogens (tertiary/aromatic N) is 3. The molecule has 2 fully saturated rings. The molecule has 240 valence electrons. The summed E-state index contributed by atoms with van der Waals surface area (Å²) in [6, 6.07) is 12.6. The van der Waals surface area contributed by atoms with Crippen LogP contribution in [0, 0.1) is 0 Å². The Kier molecular flexibility index (Phi) is 7.78. The van der Waals surface area contributed by atoms with Crippen molar-refractivity contribution in [3.63, 3.8) is 0 Å². The van der Waals surface area contributed by atoms with Crippen molar-refractivity contribution < 1.29 is 23.8 Å². The molecule has 2 aromatic carbocycles. The first-order valence-corrected chi connectivity index (χ1v) is 16.7. The SMILES string of the molecule is CCOC(=O)c1ncn(C2CC2)c1C1=Cc2cc(OC)ccc2-c2c(C3CCCCC3)c3ccc(C(=O)OC(C)(C)C)cc3n2C1. The predicted molar refractivity (Wildman–Crippen MR) is 179 cm³/mol. The van der Waals surface area contributed by atoms with Crippen LogP contribution in [0.5, 0.6) is 5.75 Å². The summed E-state index contributed by atoms with van der Waals surface area (Å²) in [4.78, 5) is 31.3. The van der Waals surface area contributed by atoms with Crippen LogP contribution >= 0.6 is 0 Å². The molecule has 0 amide bonds. The third-order valence-electron chi connectivity index (χ3n) is 9.43. The molecule has 3 aliphatic rings. The minimum absolute atomic E-state index is 0.276. The van der Waals surface area contributed by atoms with Gasteiger partial charge in [-0.25, -0.2) is 14.6 Å². The molecule has 2 aliphatic carbocycles. The fraction of sp³-hybridized carbons (Fsp3) is 0.447. The number of rotatable bonds is 7. The highest BCUT2D eigenvalue weighted by Crippen LogP contribution is 2.48. The van der Waals surface area contributed by atoms with Crippen molar-refractivity contribution in [2.24, 2.45) is 0 Å². The molecule has 2 saturated carbocycles. The van der Waals surface area contributed by atoms with E-state index < -0.39 is 11.6 Å². The quantitative estimate of drug-likeness (QED) is 0.192. The number of allylic oxidation sites excluding steroid dienone is 1. The van der Waals surface area contributed by atoms with E-state index in [4.69, 9.17) is 14.2 Å². The number of carbonyl (C=O) groups excluding carboxylic acids is 2. The average molecular weight is 622 g/mol. The molecule has 2 aromatic heterocycles. The lowest BCUT2D eigenvalue weighted by molar-refractivity contribution is 0.00694. The topological polar surface area (TPSA) is 84.6 Å². The lowest BCUT2D eigenvalue weighted by atomic mass is 9.81. The number of benzene rings is 2. The van der Waals surface area contributed by atoms with Gasteiger partial charge >= 0.3 is 11.9 Å². The van der Waals surface area contributed by atoms with E-state index in [9.17, 15) is 9.59 Å². The summed E-state index contributed by atoms with van der Waals surface area (Å²) in [6.07, 6.45) is 12.0. The zero-order valence-electron chi connectivity index (χ0n) is 27.5. The van der Waals surface area contributed by atoms with E-state index in [1.54, 1.807) is 13.4 Å². The zero-order chi connectivity index (χ0) is 32.2. The number of methoxy groups -OCH3 is 1. The largest absolute Gasteiger partial charge is 0.497 e. The van der Waals surface area contributed by atoms with Gasteiger partial charge in [-0.05, 0) is 112 Å². The molecule has 8 heteroatoms. The number of fused-ring (bicyclic) bond motifs is 5. The minimum atomic E-state index is -0.603. The average Bonchev–Trinajstić information content (AvgIpc) is 3.74. The monoisotopic (exact) mass is 621 g/mol. The molecule has 0 N–H and O–H groups in total. The minimum Gasteiger partial charge on any atom is -0.497 e. The first-order valence-electron chi connectivity index (χ1n) is 16.7. The van der Waals surface area contributed by atoms with Crippen molar-refractivity contribution in [2.45, 2.75) is 96.7 Å². The van der Waals surface area contributed by atoms with Gasteiger partial charge in [0.05, 0.1) is 43.5 Å². The lowest BCUT2D eigenvalue weighted by Crippen LogP contribution is -2.23. The summed E-state index contributed by atoms with van der Waals surface area (Å²) < 4.78 is 21.5. The van der Waals surface area contributed by atoms with Gasteiger partial charge in [-0.15, -0.1) is 0 Å². The van der Waals surface area contributed by atoms with Crippen LogP contribution in [-0.4, -0.2) is 45.4 Å². The molecular weight excluding hydrogens is 578 g/mol. The van der Waals surface area contributed by atoms with E-state index in [1.807, 2.05) is 45.9 Å². The molecule has 1 aliphatic heterocycles. The Morgan fingerprint density at radius 2 is 1.74 bits per heavy atom. The first-order chi connectivity index (χ1) is 22.2. The summed E-state index contributed by atoms with van der Waals surface area (Å²) in [6.45, 7) is 8.26. The van der Waals surface area contributed by atoms with Gasteiger partial charge in [0, 0.05) is 22.5 Å². The maximum atomic E-state index is 13.4. The fourth-order valence-corrected chi connectivity index (χ4v) is 7.31. The highest BCUT2D eigenvalue weighted by molar-refractivity contribution is 6.03. The summed E-state index contributed by atoms with van der Waals surface area (Å²) in [5, 5.41) is 1.17. The Labute approximate surface area is 270 Å². The highest BCUT2D eigenvalue weighted by Gasteiger charge is 2.34. The Bertz CT molecular complexity index is 1860. The van der Waals surface area contributed by atoms with E-state index in [0.717, 1.165) is 59.3 Å². The normalized spacial score (nSPS) is 16.8. The second kappa shape index (κ2) is 11.8. The number of esters is 2. The van der Waals surface area contributed by atoms with E-state index >= 15 is 0 Å². The Morgan fingerprint density at radius 3 is 2.43 bits per heavy atom. The molecule has 0 radical (unpaired) electrons. The van der Waals surface area contributed by atoms with Crippen LogP contribution in [0.25, 0.3) is 33.8 Å². The number of carbonyl (C=O) groups is 2. The van der Waals surface area contributed by atoms with Gasteiger partial charge in [-0.1, -0.05) is 25.3 Å². The van der Waals surface area contributed by atoms with Crippen molar-refractivity contribution >= 4 is 34.5 Å². The lowest BCUT2D eigenvalue weighted by Gasteiger charge is -2.24. The van der Waals surface area contributed by atoms with Crippen molar-refractivity contribution in [1.29, 1.82) is 0 Å². The van der Waals surface area contributed by atoms with Crippen LogP contribution in [0.2, 0.25) is 0 Å². The predicted octanol–water partition coefficient (Wildman–Crippen LogP) is 8.58. The van der Waals surface area contributed by atoms with E-state index in [-0.39, 0.29) is 12.6 Å². The number of imidazole rings is 1. The van der Waals surface area contributed by atoms with Crippen LogP contribution in [0.1, 0.15) is 122 Å². The molecule has 7 rings (SSSR count). The number of aromatic nitrogens is 3. The fourth-order valence-electron chi connectivity index (χ4n) is 7.31.